The topological polar surface area (TPSA) is 72.0 Å². The molecule has 3 rings (SSSR count). The van der Waals surface area contributed by atoms with Gasteiger partial charge in [0, 0.05) is 11.6 Å². The highest BCUT2D eigenvalue weighted by atomic mass is 16.5. The molecule has 0 aliphatic heterocycles. The van der Waals surface area contributed by atoms with E-state index in [2.05, 4.69) is 15.1 Å². The summed E-state index contributed by atoms with van der Waals surface area (Å²) in [6.45, 7) is -0.234. The maximum atomic E-state index is 8.91. The van der Waals surface area contributed by atoms with Crippen molar-refractivity contribution in [3.05, 3.63) is 42.4 Å². The Kier molecular flexibility index (Phi) is 2.31. The van der Waals surface area contributed by atoms with Crippen LogP contribution in [-0.4, -0.2) is 20.2 Å². The van der Waals surface area contributed by atoms with Crippen molar-refractivity contribution in [1.29, 1.82) is 0 Å². The Morgan fingerprint density at radius 3 is 2.88 bits per heavy atom. The number of hydrogen-bond donors (Lipinski definition) is 1. The first-order valence-electron chi connectivity index (χ1n) is 5.16. The van der Waals surface area contributed by atoms with E-state index < -0.39 is 0 Å². The molecule has 2 heterocycles. The molecule has 0 aliphatic carbocycles. The van der Waals surface area contributed by atoms with Gasteiger partial charge in [-0.1, -0.05) is 23.4 Å². The molecule has 3 aromatic rings. The molecule has 0 saturated heterocycles. The molecule has 2 aromatic heterocycles. The average Bonchev–Trinajstić information content (AvgIpc) is 2.87. The van der Waals surface area contributed by atoms with Crippen molar-refractivity contribution < 1.29 is 9.63 Å². The molecule has 0 unspecified atom stereocenters. The molecule has 0 fully saturated rings. The fraction of sp³-hybridized carbons (Fsp3) is 0.0833. The summed E-state index contributed by atoms with van der Waals surface area (Å²) in [5, 5.41) is 13.6. The molecule has 84 valence electrons. The maximum absolute atomic E-state index is 8.91. The van der Waals surface area contributed by atoms with Crippen LogP contribution in [0.4, 0.5) is 0 Å². The van der Waals surface area contributed by atoms with E-state index in [1.165, 1.54) is 0 Å². The molecule has 0 aliphatic rings. The number of rotatable bonds is 2. The van der Waals surface area contributed by atoms with Crippen molar-refractivity contribution in [2.75, 3.05) is 0 Å². The number of hydrogen-bond acceptors (Lipinski definition) is 5. The average molecular weight is 227 g/mol. The van der Waals surface area contributed by atoms with Crippen LogP contribution in [0.2, 0.25) is 0 Å². The van der Waals surface area contributed by atoms with Gasteiger partial charge in [0.05, 0.1) is 11.1 Å². The highest BCUT2D eigenvalue weighted by Crippen LogP contribution is 2.25. The van der Waals surface area contributed by atoms with E-state index in [9.17, 15) is 0 Å². The Labute approximate surface area is 96.7 Å². The zero-order valence-electron chi connectivity index (χ0n) is 8.87. The normalized spacial score (nSPS) is 10.9. The van der Waals surface area contributed by atoms with E-state index in [-0.39, 0.29) is 12.4 Å². The van der Waals surface area contributed by atoms with Crippen molar-refractivity contribution in [2.45, 2.75) is 6.61 Å². The van der Waals surface area contributed by atoms with Gasteiger partial charge in [-0.3, -0.25) is 4.98 Å². The lowest BCUT2D eigenvalue weighted by Crippen LogP contribution is -1.86. The monoisotopic (exact) mass is 227 g/mol. The highest BCUT2D eigenvalue weighted by molar-refractivity contribution is 5.91. The lowest BCUT2D eigenvalue weighted by atomic mass is 10.1. The van der Waals surface area contributed by atoms with Crippen LogP contribution in [0.5, 0.6) is 0 Å². The summed E-state index contributed by atoms with van der Waals surface area (Å²) in [7, 11) is 0. The van der Waals surface area contributed by atoms with Crippen LogP contribution in [0, 0.1) is 0 Å². The summed E-state index contributed by atoms with van der Waals surface area (Å²) in [6.07, 6.45) is 1.72. The summed E-state index contributed by atoms with van der Waals surface area (Å²) in [6, 6.07) is 9.58. The molecule has 1 aromatic carbocycles. The van der Waals surface area contributed by atoms with Gasteiger partial charge in [0.2, 0.25) is 0 Å². The molecule has 17 heavy (non-hydrogen) atoms. The Balaban J connectivity index is 2.23. The zero-order valence-corrected chi connectivity index (χ0v) is 8.87. The second kappa shape index (κ2) is 3.95. The van der Waals surface area contributed by atoms with Crippen LogP contribution >= 0.6 is 0 Å². The molecule has 0 bridgehead atoms. The van der Waals surface area contributed by atoms with Crippen LogP contribution in [0.15, 0.2) is 41.1 Å². The van der Waals surface area contributed by atoms with E-state index >= 15 is 0 Å². The quantitative estimate of drug-likeness (QED) is 0.722. The Bertz CT molecular complexity index is 658. The SMILES string of the molecule is OCc1noc(-c2cccc3cccnc23)n1. The van der Waals surface area contributed by atoms with Crippen molar-refractivity contribution in [3.63, 3.8) is 0 Å². The first-order chi connectivity index (χ1) is 8.38. The van der Waals surface area contributed by atoms with Crippen LogP contribution < -0.4 is 0 Å². The highest BCUT2D eigenvalue weighted by Gasteiger charge is 2.11. The number of para-hydroxylation sites is 1. The fourth-order valence-electron chi connectivity index (χ4n) is 1.70. The van der Waals surface area contributed by atoms with Gasteiger partial charge in [-0.15, -0.1) is 0 Å². The first-order valence-corrected chi connectivity index (χ1v) is 5.16. The first kappa shape index (κ1) is 9.92. The summed E-state index contributed by atoms with van der Waals surface area (Å²) < 4.78 is 5.09. The van der Waals surface area contributed by atoms with Crippen LogP contribution in [0.1, 0.15) is 5.82 Å². The summed E-state index contributed by atoms with van der Waals surface area (Å²) in [5.74, 6) is 0.645. The van der Waals surface area contributed by atoms with E-state index in [1.54, 1.807) is 6.20 Å². The van der Waals surface area contributed by atoms with Gasteiger partial charge in [-0.25, -0.2) is 0 Å². The van der Waals surface area contributed by atoms with Gasteiger partial charge in [0.1, 0.15) is 6.61 Å². The molecule has 0 saturated carbocycles. The van der Waals surface area contributed by atoms with Crippen LogP contribution in [0.25, 0.3) is 22.4 Å². The van der Waals surface area contributed by atoms with Gasteiger partial charge >= 0.3 is 0 Å². The molecule has 5 heteroatoms. The number of pyridine rings is 1. The minimum Gasteiger partial charge on any atom is -0.388 e. The Morgan fingerprint density at radius 1 is 1.18 bits per heavy atom. The third-order valence-electron chi connectivity index (χ3n) is 2.47. The smallest absolute Gasteiger partial charge is 0.260 e. The van der Waals surface area contributed by atoms with E-state index in [0.29, 0.717) is 5.89 Å². The van der Waals surface area contributed by atoms with Gasteiger partial charge in [0.15, 0.2) is 5.82 Å². The van der Waals surface area contributed by atoms with Crippen molar-refractivity contribution in [3.8, 4) is 11.5 Å². The predicted molar refractivity (Wildman–Crippen MR) is 61.0 cm³/mol. The fourth-order valence-corrected chi connectivity index (χ4v) is 1.70. The lowest BCUT2D eigenvalue weighted by Gasteiger charge is -2.00. The van der Waals surface area contributed by atoms with Crippen molar-refractivity contribution >= 4 is 10.9 Å². The molecule has 0 radical (unpaired) electrons. The van der Waals surface area contributed by atoms with Crippen LogP contribution in [-0.2, 0) is 6.61 Å². The number of nitrogens with zero attached hydrogens (tertiary/aromatic N) is 3. The Hall–Kier alpha value is -2.27. The van der Waals surface area contributed by atoms with Crippen molar-refractivity contribution in [1.82, 2.24) is 15.1 Å². The summed E-state index contributed by atoms with van der Waals surface area (Å²) in [5.41, 5.74) is 1.58. The molecule has 5 nitrogen and oxygen atoms in total. The third-order valence-corrected chi connectivity index (χ3v) is 2.47. The minimum atomic E-state index is -0.234. The lowest BCUT2D eigenvalue weighted by molar-refractivity contribution is 0.264. The van der Waals surface area contributed by atoms with E-state index in [0.717, 1.165) is 16.5 Å². The molecular formula is C12H9N3O2. The standard InChI is InChI=1S/C12H9N3O2/c16-7-10-14-12(17-15-10)9-5-1-3-8-4-2-6-13-11(8)9/h1-6,16H,7H2. The summed E-state index contributed by atoms with van der Waals surface area (Å²) >= 11 is 0. The number of aliphatic hydroxyl groups excluding tert-OH is 1. The third kappa shape index (κ3) is 1.66. The van der Waals surface area contributed by atoms with Gasteiger partial charge < -0.3 is 9.63 Å². The number of fused-ring (bicyclic) bond motifs is 1. The molecule has 0 amide bonds. The number of aliphatic hydroxyl groups is 1. The molecular weight excluding hydrogens is 218 g/mol. The predicted octanol–water partition coefficient (Wildman–Crippen LogP) is 1.78. The van der Waals surface area contributed by atoms with Gasteiger partial charge in [-0.05, 0) is 12.1 Å². The van der Waals surface area contributed by atoms with E-state index in [4.69, 9.17) is 9.63 Å². The molecule has 0 atom stereocenters. The van der Waals surface area contributed by atoms with Crippen LogP contribution in [0.3, 0.4) is 0 Å². The molecule has 1 N–H and O–H groups in total. The maximum Gasteiger partial charge on any atom is 0.260 e. The zero-order chi connectivity index (χ0) is 11.7. The van der Waals surface area contributed by atoms with Crippen molar-refractivity contribution in [2.24, 2.45) is 0 Å². The molecule has 0 spiro atoms. The number of benzene rings is 1. The largest absolute Gasteiger partial charge is 0.388 e. The Morgan fingerprint density at radius 2 is 2.06 bits per heavy atom. The minimum absolute atomic E-state index is 0.234. The van der Waals surface area contributed by atoms with E-state index in [1.807, 2.05) is 30.3 Å². The van der Waals surface area contributed by atoms with Gasteiger partial charge in [-0.2, -0.15) is 4.98 Å². The summed E-state index contributed by atoms with van der Waals surface area (Å²) in [4.78, 5) is 8.38. The second-order valence-corrected chi connectivity index (χ2v) is 3.55. The van der Waals surface area contributed by atoms with Gasteiger partial charge in [0.25, 0.3) is 5.89 Å². The second-order valence-electron chi connectivity index (χ2n) is 3.55. The number of aromatic nitrogens is 3.